The van der Waals surface area contributed by atoms with Gasteiger partial charge in [-0.2, -0.15) is 0 Å². The van der Waals surface area contributed by atoms with E-state index in [9.17, 15) is 24.6 Å². The number of aliphatic hydroxyl groups is 1. The Balaban J connectivity index is 1.92. The molecule has 1 aromatic rings. The highest BCUT2D eigenvalue weighted by Gasteiger charge is 2.77. The molecule has 2 bridgehead atoms. The summed E-state index contributed by atoms with van der Waals surface area (Å²) in [4.78, 5) is 44.3. The lowest BCUT2D eigenvalue weighted by molar-refractivity contribution is -0.150. The van der Waals surface area contributed by atoms with Crippen LogP contribution in [0.5, 0.6) is 0 Å². The highest BCUT2D eigenvalue weighted by molar-refractivity contribution is 8.02. The lowest BCUT2D eigenvalue weighted by atomic mass is 9.66. The summed E-state index contributed by atoms with van der Waals surface area (Å²) in [7, 11) is 0. The largest absolute Gasteiger partial charge is 0.481 e. The zero-order valence-corrected chi connectivity index (χ0v) is 22.8. The van der Waals surface area contributed by atoms with Crippen molar-refractivity contribution in [1.82, 2.24) is 4.90 Å². The molecule has 3 heterocycles. The maximum Gasteiger partial charge on any atom is 0.308 e. The van der Waals surface area contributed by atoms with E-state index in [4.69, 9.17) is 11.6 Å². The molecule has 1 aromatic carbocycles. The zero-order chi connectivity index (χ0) is 26.5. The van der Waals surface area contributed by atoms with Crippen LogP contribution in [0.15, 0.2) is 30.9 Å². The summed E-state index contributed by atoms with van der Waals surface area (Å²) in [5.74, 6) is -3.46. The number of para-hydroxylation sites is 1. The molecule has 9 heteroatoms. The summed E-state index contributed by atoms with van der Waals surface area (Å²) >= 11 is 8.08. The fourth-order valence-corrected chi connectivity index (χ4v) is 9.44. The third kappa shape index (κ3) is 3.79. The Morgan fingerprint density at radius 3 is 2.67 bits per heavy atom. The molecule has 4 rings (SSSR count). The van der Waals surface area contributed by atoms with E-state index in [-0.39, 0.29) is 42.1 Å². The van der Waals surface area contributed by atoms with Gasteiger partial charge in [0.15, 0.2) is 0 Å². The molecule has 2 amide bonds. The number of carboxylic acids is 1. The highest BCUT2D eigenvalue weighted by Crippen LogP contribution is 2.69. The van der Waals surface area contributed by atoms with E-state index in [1.54, 1.807) is 21.9 Å². The normalized spacial score (nSPS) is 32.3. The van der Waals surface area contributed by atoms with E-state index in [0.29, 0.717) is 23.6 Å². The summed E-state index contributed by atoms with van der Waals surface area (Å²) in [5, 5.41) is 20.8. The standard InChI is InChI=1S/C27H35ClN2O5S/c1-6-11-29(22-15(4)9-8-10-17(22)28)25(33)23-27-16(5)12-19(36-27)20(26(34)35)21(27)24(32)30(23)18(13-31)14(3)7-2/h6,8-10,14,16,18-21,23,31H,1,7,11-13H2,2-5H3,(H,34,35)/t14-,16?,18-,19-,20+,21-,23?,27?/m0/s1. The fraction of sp³-hybridized carbons (Fsp3) is 0.593. The predicted molar refractivity (Wildman–Crippen MR) is 142 cm³/mol. The number of carboxylic acid groups (broad SMARTS) is 1. The van der Waals surface area contributed by atoms with Gasteiger partial charge in [0.2, 0.25) is 5.91 Å². The molecule has 3 unspecified atom stereocenters. The monoisotopic (exact) mass is 534 g/mol. The van der Waals surface area contributed by atoms with Crippen LogP contribution in [0.1, 0.15) is 39.2 Å². The molecular formula is C27H35ClN2O5S. The summed E-state index contributed by atoms with van der Waals surface area (Å²) in [6, 6.07) is 3.89. The molecule has 7 nitrogen and oxygen atoms in total. The second-order valence-corrected chi connectivity index (χ2v) is 12.4. The summed E-state index contributed by atoms with van der Waals surface area (Å²) < 4.78 is -0.892. The summed E-state index contributed by atoms with van der Waals surface area (Å²) in [6.45, 7) is 11.5. The van der Waals surface area contributed by atoms with Gasteiger partial charge in [-0.1, -0.05) is 57.0 Å². The third-order valence-electron chi connectivity index (χ3n) is 8.58. The molecule has 3 aliphatic heterocycles. The second-order valence-electron chi connectivity index (χ2n) is 10.4. The molecule has 2 N–H and O–H groups in total. The maximum atomic E-state index is 14.7. The number of anilines is 1. The lowest BCUT2D eigenvalue weighted by Crippen LogP contribution is -2.60. The average Bonchev–Trinajstić information content (AvgIpc) is 3.42. The van der Waals surface area contributed by atoms with Gasteiger partial charge in [0.25, 0.3) is 5.91 Å². The second kappa shape index (κ2) is 10.0. The number of fused-ring (bicyclic) bond motifs is 1. The smallest absolute Gasteiger partial charge is 0.308 e. The number of amides is 2. The number of carbonyl (C=O) groups excluding carboxylic acids is 2. The molecule has 1 spiro atoms. The molecule has 36 heavy (non-hydrogen) atoms. The number of aliphatic carboxylic acids is 1. The number of hydrogen-bond donors (Lipinski definition) is 2. The quantitative estimate of drug-likeness (QED) is 0.465. The Labute approximate surface area is 221 Å². The number of hydrogen-bond acceptors (Lipinski definition) is 5. The van der Waals surface area contributed by atoms with Gasteiger partial charge in [-0.05, 0) is 36.8 Å². The number of aliphatic hydroxyl groups excluding tert-OH is 1. The summed E-state index contributed by atoms with van der Waals surface area (Å²) in [6.07, 6.45) is 2.95. The lowest BCUT2D eigenvalue weighted by Gasteiger charge is -2.43. The van der Waals surface area contributed by atoms with Crippen molar-refractivity contribution >= 4 is 46.8 Å². The van der Waals surface area contributed by atoms with Gasteiger partial charge >= 0.3 is 5.97 Å². The number of halogens is 1. The number of benzene rings is 1. The van der Waals surface area contributed by atoms with Crippen LogP contribution in [0.3, 0.4) is 0 Å². The Morgan fingerprint density at radius 2 is 2.11 bits per heavy atom. The van der Waals surface area contributed by atoms with E-state index < -0.39 is 34.6 Å². The van der Waals surface area contributed by atoms with Crippen molar-refractivity contribution < 1.29 is 24.6 Å². The molecule has 3 saturated heterocycles. The van der Waals surface area contributed by atoms with Gasteiger partial charge in [0.05, 0.1) is 39.9 Å². The first-order valence-electron chi connectivity index (χ1n) is 12.6. The van der Waals surface area contributed by atoms with Crippen LogP contribution in [-0.4, -0.2) is 68.1 Å². The van der Waals surface area contributed by atoms with E-state index >= 15 is 0 Å². The van der Waals surface area contributed by atoms with Crippen LogP contribution in [0.4, 0.5) is 5.69 Å². The molecule has 0 aromatic heterocycles. The van der Waals surface area contributed by atoms with E-state index in [1.807, 2.05) is 39.8 Å². The van der Waals surface area contributed by atoms with Crippen molar-refractivity contribution in [2.24, 2.45) is 23.7 Å². The molecule has 0 radical (unpaired) electrons. The number of nitrogens with zero attached hydrogens (tertiary/aromatic N) is 2. The number of likely N-dealkylation sites (tertiary alicyclic amines) is 1. The number of thioether (sulfide) groups is 1. The average molecular weight is 535 g/mol. The van der Waals surface area contributed by atoms with Crippen molar-refractivity contribution in [1.29, 1.82) is 0 Å². The van der Waals surface area contributed by atoms with Gasteiger partial charge in [-0.3, -0.25) is 14.4 Å². The van der Waals surface area contributed by atoms with Crippen LogP contribution in [0, 0.1) is 30.6 Å². The summed E-state index contributed by atoms with van der Waals surface area (Å²) in [5.41, 5.74) is 1.36. The molecule has 3 fully saturated rings. The number of carbonyl (C=O) groups is 3. The zero-order valence-electron chi connectivity index (χ0n) is 21.2. The van der Waals surface area contributed by atoms with Crippen LogP contribution in [0.25, 0.3) is 0 Å². The first kappa shape index (κ1) is 27.0. The van der Waals surface area contributed by atoms with Crippen molar-refractivity contribution in [2.45, 2.75) is 62.6 Å². The minimum absolute atomic E-state index is 0.0507. The first-order chi connectivity index (χ1) is 17.1. The Morgan fingerprint density at radius 1 is 1.42 bits per heavy atom. The Bertz CT molecular complexity index is 1060. The van der Waals surface area contributed by atoms with Gasteiger partial charge in [0, 0.05) is 11.8 Å². The van der Waals surface area contributed by atoms with E-state index in [0.717, 1.165) is 5.56 Å². The molecule has 3 aliphatic rings. The maximum absolute atomic E-state index is 14.7. The van der Waals surface area contributed by atoms with E-state index in [1.165, 1.54) is 11.8 Å². The number of aryl methyl sites for hydroxylation is 1. The van der Waals surface area contributed by atoms with Crippen LogP contribution in [0.2, 0.25) is 5.02 Å². The fourth-order valence-electron chi connectivity index (χ4n) is 6.73. The molecule has 196 valence electrons. The predicted octanol–water partition coefficient (Wildman–Crippen LogP) is 4.00. The molecule has 8 atom stereocenters. The van der Waals surface area contributed by atoms with Gasteiger partial charge in [-0.15, -0.1) is 18.3 Å². The highest BCUT2D eigenvalue weighted by atomic mass is 35.5. The SMILES string of the molecule is C=CCN(C(=O)C1N([C@@H](CO)[C@@H](C)CC)C(=O)[C@@H]2[C@H](C(=O)O)[C@@H]3CC(C)C12S3)c1c(C)cccc1Cl. The van der Waals surface area contributed by atoms with Crippen molar-refractivity contribution in [3.05, 3.63) is 41.4 Å². The minimum Gasteiger partial charge on any atom is -0.481 e. The van der Waals surface area contributed by atoms with Gasteiger partial charge in [-0.25, -0.2) is 0 Å². The molecule has 0 aliphatic carbocycles. The van der Waals surface area contributed by atoms with Crippen molar-refractivity contribution in [3.8, 4) is 0 Å². The molecular weight excluding hydrogens is 500 g/mol. The van der Waals surface area contributed by atoms with Gasteiger partial charge in [0.1, 0.15) is 6.04 Å². The van der Waals surface area contributed by atoms with Crippen molar-refractivity contribution in [3.63, 3.8) is 0 Å². The third-order valence-corrected chi connectivity index (χ3v) is 11.0. The molecule has 0 saturated carbocycles. The van der Waals surface area contributed by atoms with Crippen molar-refractivity contribution in [2.75, 3.05) is 18.1 Å². The Kier molecular flexibility index (Phi) is 7.53. The minimum atomic E-state index is -0.998. The Hall–Kier alpha value is -2.03. The topological polar surface area (TPSA) is 98.2 Å². The first-order valence-corrected chi connectivity index (χ1v) is 13.8. The van der Waals surface area contributed by atoms with Crippen LogP contribution < -0.4 is 4.90 Å². The van der Waals surface area contributed by atoms with Crippen LogP contribution >= 0.6 is 23.4 Å². The van der Waals surface area contributed by atoms with Crippen LogP contribution in [-0.2, 0) is 14.4 Å². The van der Waals surface area contributed by atoms with Gasteiger partial charge < -0.3 is 20.0 Å². The van der Waals surface area contributed by atoms with E-state index in [2.05, 4.69) is 6.58 Å². The number of rotatable bonds is 9.